The summed E-state index contributed by atoms with van der Waals surface area (Å²) in [6.45, 7) is 3.35. The number of pyridine rings is 2. The van der Waals surface area contributed by atoms with E-state index in [1.165, 1.54) is 0 Å². The molecule has 2 aromatic rings. The third-order valence-corrected chi connectivity index (χ3v) is 3.53. The van der Waals surface area contributed by atoms with Crippen LogP contribution >= 0.6 is 0 Å². The van der Waals surface area contributed by atoms with Gasteiger partial charge in [-0.2, -0.15) is 0 Å². The van der Waals surface area contributed by atoms with E-state index in [9.17, 15) is 4.79 Å². The molecule has 1 aliphatic heterocycles. The Balaban J connectivity index is 1.93. The van der Waals surface area contributed by atoms with E-state index in [0.29, 0.717) is 5.56 Å². The van der Waals surface area contributed by atoms with Crippen LogP contribution in [-0.4, -0.2) is 58.9 Å². The van der Waals surface area contributed by atoms with Gasteiger partial charge >= 0.3 is 0 Å². The number of carbonyl (C=O) groups excluding carboxylic acids is 1. The fraction of sp³-hybridized carbons (Fsp3) is 0.357. The van der Waals surface area contributed by atoms with Crippen LogP contribution in [0.3, 0.4) is 0 Å². The first kappa shape index (κ1) is 12.0. The molecule has 19 heavy (non-hydrogen) atoms. The molecule has 1 amide bonds. The smallest absolute Gasteiger partial charge is 0.257 e. The number of amides is 1. The number of hydrogen-bond donors (Lipinski definition) is 0. The van der Waals surface area contributed by atoms with Crippen molar-refractivity contribution in [2.75, 3.05) is 33.2 Å². The summed E-state index contributed by atoms with van der Waals surface area (Å²) >= 11 is 0. The van der Waals surface area contributed by atoms with Crippen molar-refractivity contribution in [1.29, 1.82) is 0 Å². The maximum absolute atomic E-state index is 12.5. The highest BCUT2D eigenvalue weighted by atomic mass is 16.2. The summed E-state index contributed by atoms with van der Waals surface area (Å²) in [5.41, 5.74) is 1.34. The van der Waals surface area contributed by atoms with E-state index in [1.54, 1.807) is 18.6 Å². The summed E-state index contributed by atoms with van der Waals surface area (Å²) in [4.78, 5) is 25.1. The summed E-state index contributed by atoms with van der Waals surface area (Å²) in [6.07, 6.45) is 5.07. The minimum atomic E-state index is 0.0323. The van der Waals surface area contributed by atoms with Gasteiger partial charge in [-0.3, -0.25) is 14.8 Å². The molecule has 2 aromatic heterocycles. The van der Waals surface area contributed by atoms with Gasteiger partial charge in [-0.25, -0.2) is 0 Å². The van der Waals surface area contributed by atoms with Crippen molar-refractivity contribution in [1.82, 2.24) is 19.8 Å². The summed E-state index contributed by atoms with van der Waals surface area (Å²) < 4.78 is 0. The standard InChI is InChI=1S/C14H16N4O/c1-17-5-7-18(8-6-17)14(19)12-10-15-9-11-3-2-4-16-13(11)12/h2-4,9-10H,5-8H2,1H3. The van der Waals surface area contributed by atoms with Crippen molar-refractivity contribution in [3.8, 4) is 0 Å². The monoisotopic (exact) mass is 256 g/mol. The van der Waals surface area contributed by atoms with Crippen LogP contribution in [0, 0.1) is 0 Å². The van der Waals surface area contributed by atoms with Crippen molar-refractivity contribution < 1.29 is 4.79 Å². The van der Waals surface area contributed by atoms with Gasteiger partial charge in [0.25, 0.3) is 5.91 Å². The van der Waals surface area contributed by atoms with Gasteiger partial charge in [-0.05, 0) is 19.2 Å². The van der Waals surface area contributed by atoms with Crippen LogP contribution in [-0.2, 0) is 0 Å². The lowest BCUT2D eigenvalue weighted by atomic mass is 10.1. The first-order valence-corrected chi connectivity index (χ1v) is 6.42. The van der Waals surface area contributed by atoms with Crippen molar-refractivity contribution >= 4 is 16.8 Å². The van der Waals surface area contributed by atoms with Crippen molar-refractivity contribution in [3.05, 3.63) is 36.3 Å². The minimum absolute atomic E-state index is 0.0323. The second-order valence-corrected chi connectivity index (χ2v) is 4.86. The molecule has 0 aromatic carbocycles. The van der Waals surface area contributed by atoms with E-state index in [1.807, 2.05) is 17.0 Å². The zero-order valence-corrected chi connectivity index (χ0v) is 10.9. The molecule has 0 unspecified atom stereocenters. The summed E-state index contributed by atoms with van der Waals surface area (Å²) in [5, 5.41) is 0.905. The highest BCUT2D eigenvalue weighted by Crippen LogP contribution is 2.16. The van der Waals surface area contributed by atoms with E-state index in [2.05, 4.69) is 21.9 Å². The molecule has 0 saturated carbocycles. The molecular formula is C14H16N4O. The van der Waals surface area contributed by atoms with Gasteiger partial charge < -0.3 is 9.80 Å². The normalized spacial score (nSPS) is 16.8. The van der Waals surface area contributed by atoms with Gasteiger partial charge in [0.2, 0.25) is 0 Å². The quantitative estimate of drug-likeness (QED) is 0.764. The Morgan fingerprint density at radius 3 is 2.79 bits per heavy atom. The van der Waals surface area contributed by atoms with E-state index in [4.69, 9.17) is 0 Å². The molecule has 3 rings (SSSR count). The average Bonchev–Trinajstić information content (AvgIpc) is 2.47. The predicted molar refractivity (Wildman–Crippen MR) is 72.9 cm³/mol. The maximum atomic E-state index is 12.5. The Labute approximate surface area is 111 Å². The van der Waals surface area contributed by atoms with Gasteiger partial charge in [-0.1, -0.05) is 0 Å². The number of rotatable bonds is 1. The van der Waals surface area contributed by atoms with Gasteiger partial charge in [0.15, 0.2) is 0 Å². The Kier molecular flexibility index (Phi) is 3.13. The van der Waals surface area contributed by atoms with Crippen LogP contribution in [0.2, 0.25) is 0 Å². The van der Waals surface area contributed by atoms with Gasteiger partial charge in [0.1, 0.15) is 0 Å². The molecule has 5 nitrogen and oxygen atoms in total. The fourth-order valence-electron chi connectivity index (χ4n) is 2.34. The third kappa shape index (κ3) is 2.29. The highest BCUT2D eigenvalue weighted by Gasteiger charge is 2.22. The summed E-state index contributed by atoms with van der Waals surface area (Å²) in [7, 11) is 2.07. The Morgan fingerprint density at radius 1 is 1.21 bits per heavy atom. The summed E-state index contributed by atoms with van der Waals surface area (Å²) in [6, 6.07) is 3.78. The van der Waals surface area contributed by atoms with Crippen LogP contribution in [0.15, 0.2) is 30.7 Å². The number of hydrogen-bond acceptors (Lipinski definition) is 4. The van der Waals surface area contributed by atoms with E-state index < -0.39 is 0 Å². The van der Waals surface area contributed by atoms with Crippen LogP contribution < -0.4 is 0 Å². The van der Waals surface area contributed by atoms with Crippen molar-refractivity contribution in [2.24, 2.45) is 0 Å². The molecule has 3 heterocycles. The van der Waals surface area contributed by atoms with Crippen LogP contribution in [0.5, 0.6) is 0 Å². The first-order chi connectivity index (χ1) is 9.25. The first-order valence-electron chi connectivity index (χ1n) is 6.42. The number of aromatic nitrogens is 2. The van der Waals surface area contributed by atoms with Crippen molar-refractivity contribution in [2.45, 2.75) is 0 Å². The Bertz CT molecular complexity index is 600. The molecule has 98 valence electrons. The molecule has 1 fully saturated rings. The van der Waals surface area contributed by atoms with Crippen molar-refractivity contribution in [3.63, 3.8) is 0 Å². The number of carbonyl (C=O) groups is 1. The molecule has 0 aliphatic carbocycles. The number of likely N-dealkylation sites (N-methyl/N-ethyl adjacent to an activating group) is 1. The lowest BCUT2D eigenvalue weighted by molar-refractivity contribution is 0.0665. The van der Waals surface area contributed by atoms with Crippen LogP contribution in [0.1, 0.15) is 10.4 Å². The molecule has 0 bridgehead atoms. The zero-order valence-electron chi connectivity index (χ0n) is 10.9. The largest absolute Gasteiger partial charge is 0.336 e. The third-order valence-electron chi connectivity index (χ3n) is 3.53. The van der Waals surface area contributed by atoms with Gasteiger partial charge in [0, 0.05) is 50.2 Å². The maximum Gasteiger partial charge on any atom is 0.257 e. The molecule has 0 spiro atoms. The molecule has 1 aliphatic rings. The number of nitrogens with zero attached hydrogens (tertiary/aromatic N) is 4. The molecule has 0 atom stereocenters. The van der Waals surface area contributed by atoms with E-state index >= 15 is 0 Å². The predicted octanol–water partition coefficient (Wildman–Crippen LogP) is 1.02. The zero-order chi connectivity index (χ0) is 13.2. The minimum Gasteiger partial charge on any atom is -0.336 e. The molecule has 5 heteroatoms. The second-order valence-electron chi connectivity index (χ2n) is 4.86. The SMILES string of the molecule is CN1CCN(C(=O)c2cncc3cccnc23)CC1. The van der Waals surface area contributed by atoms with Crippen LogP contribution in [0.4, 0.5) is 0 Å². The van der Waals surface area contributed by atoms with Crippen LogP contribution in [0.25, 0.3) is 10.9 Å². The highest BCUT2D eigenvalue weighted by molar-refractivity contribution is 6.04. The average molecular weight is 256 g/mol. The molecule has 0 N–H and O–H groups in total. The Hall–Kier alpha value is -2.01. The second kappa shape index (κ2) is 4.93. The molecule has 1 saturated heterocycles. The van der Waals surface area contributed by atoms with Gasteiger partial charge in [0.05, 0.1) is 11.1 Å². The molecular weight excluding hydrogens is 240 g/mol. The lowest BCUT2D eigenvalue weighted by Gasteiger charge is -2.32. The fourth-order valence-corrected chi connectivity index (χ4v) is 2.34. The number of piperazine rings is 1. The topological polar surface area (TPSA) is 49.3 Å². The summed E-state index contributed by atoms with van der Waals surface area (Å²) in [5.74, 6) is 0.0323. The molecule has 0 radical (unpaired) electrons. The number of fused-ring (bicyclic) bond motifs is 1. The van der Waals surface area contributed by atoms with Gasteiger partial charge in [-0.15, -0.1) is 0 Å². The lowest BCUT2D eigenvalue weighted by Crippen LogP contribution is -2.47. The van der Waals surface area contributed by atoms with E-state index in [0.717, 1.165) is 37.1 Å². The Morgan fingerprint density at radius 2 is 2.00 bits per heavy atom. The van der Waals surface area contributed by atoms with E-state index in [-0.39, 0.29) is 5.91 Å².